The van der Waals surface area contributed by atoms with E-state index in [-0.39, 0.29) is 11.8 Å². The van der Waals surface area contributed by atoms with E-state index in [4.69, 9.17) is 0 Å². The Morgan fingerprint density at radius 3 is 2.80 bits per heavy atom. The summed E-state index contributed by atoms with van der Waals surface area (Å²) < 4.78 is 14.2. The van der Waals surface area contributed by atoms with Gasteiger partial charge in [-0.05, 0) is 39.6 Å². The minimum atomic E-state index is -0.487. The number of halogens is 1. The summed E-state index contributed by atoms with van der Waals surface area (Å²) in [4.78, 5) is 15.6. The summed E-state index contributed by atoms with van der Waals surface area (Å²) in [5.74, 6) is -0.569. The highest BCUT2D eigenvalue weighted by Crippen LogP contribution is 2.32. The number of benzene rings is 1. The number of aliphatic hydroxyl groups excluding tert-OH is 1. The molecule has 1 saturated heterocycles. The minimum Gasteiger partial charge on any atom is -0.391 e. The highest BCUT2D eigenvalue weighted by molar-refractivity contribution is 6.00. The molecule has 1 N–H and O–H groups in total. The molecule has 1 aromatic rings. The van der Waals surface area contributed by atoms with E-state index >= 15 is 0 Å². The largest absolute Gasteiger partial charge is 0.391 e. The van der Waals surface area contributed by atoms with Gasteiger partial charge in [-0.25, -0.2) is 4.39 Å². The normalized spacial score (nSPS) is 22.6. The maximum atomic E-state index is 14.2. The third kappa shape index (κ3) is 2.99. The van der Waals surface area contributed by atoms with E-state index in [2.05, 4.69) is 0 Å². The summed E-state index contributed by atoms with van der Waals surface area (Å²) in [6.07, 6.45) is 0.100. The Labute approximate surface area is 118 Å². The number of carbonyl (C=O) groups excluding carboxylic acids is 1. The number of likely N-dealkylation sites (N-methyl/N-ethyl adjacent to an activating group) is 1. The van der Waals surface area contributed by atoms with Crippen molar-refractivity contribution in [2.75, 3.05) is 32.1 Å². The molecule has 4 nitrogen and oxygen atoms in total. The van der Waals surface area contributed by atoms with E-state index in [0.717, 1.165) is 0 Å². The number of hydrogen-bond acceptors (Lipinski definition) is 4. The topological polar surface area (TPSA) is 43.8 Å². The first-order chi connectivity index (χ1) is 9.40. The molecular weight excluding hydrogens is 259 g/mol. The average molecular weight is 280 g/mol. The Bertz CT molecular complexity index is 505. The summed E-state index contributed by atoms with van der Waals surface area (Å²) in [6.45, 7) is 2.51. The second kappa shape index (κ2) is 5.89. The van der Waals surface area contributed by atoms with Gasteiger partial charge in [-0.1, -0.05) is 6.07 Å². The lowest BCUT2D eigenvalue weighted by Crippen LogP contribution is -2.38. The van der Waals surface area contributed by atoms with Crippen molar-refractivity contribution in [3.05, 3.63) is 29.6 Å². The molecule has 5 heteroatoms. The molecule has 1 aliphatic rings. The predicted molar refractivity (Wildman–Crippen MR) is 76.7 cm³/mol. The number of para-hydroxylation sites is 1. The van der Waals surface area contributed by atoms with Crippen LogP contribution in [0.3, 0.4) is 0 Å². The number of aliphatic hydroxyl groups is 1. The van der Waals surface area contributed by atoms with Crippen LogP contribution in [0.2, 0.25) is 0 Å². The third-order valence-electron chi connectivity index (χ3n) is 3.62. The summed E-state index contributed by atoms with van der Waals surface area (Å²) in [7, 11) is 3.88. The van der Waals surface area contributed by atoms with E-state index in [1.807, 2.05) is 23.9 Å². The van der Waals surface area contributed by atoms with Gasteiger partial charge in [0, 0.05) is 24.7 Å². The predicted octanol–water partition coefficient (Wildman–Crippen LogP) is 1.53. The lowest BCUT2D eigenvalue weighted by atomic mass is 10.1. The zero-order valence-electron chi connectivity index (χ0n) is 12.1. The number of nitrogens with zero attached hydrogens (tertiary/aromatic N) is 2. The van der Waals surface area contributed by atoms with Crippen LogP contribution in [0.1, 0.15) is 23.7 Å². The van der Waals surface area contributed by atoms with Crippen LogP contribution in [0.25, 0.3) is 0 Å². The fourth-order valence-corrected chi connectivity index (χ4v) is 2.85. The first-order valence-electron chi connectivity index (χ1n) is 6.79. The van der Waals surface area contributed by atoms with Crippen LogP contribution in [0, 0.1) is 5.82 Å². The fraction of sp³-hybridized carbons (Fsp3) is 0.533. The molecule has 1 aliphatic heterocycles. The first-order valence-corrected chi connectivity index (χ1v) is 6.79. The molecule has 110 valence electrons. The summed E-state index contributed by atoms with van der Waals surface area (Å²) in [6, 6.07) is 4.55. The van der Waals surface area contributed by atoms with Gasteiger partial charge in [0.15, 0.2) is 5.78 Å². The molecule has 2 rings (SSSR count). The van der Waals surface area contributed by atoms with Crippen LogP contribution in [-0.4, -0.2) is 55.1 Å². The molecule has 2 atom stereocenters. The number of carbonyl (C=O) groups is 1. The van der Waals surface area contributed by atoms with Crippen LogP contribution in [0.5, 0.6) is 0 Å². The molecule has 20 heavy (non-hydrogen) atoms. The zero-order chi connectivity index (χ0) is 14.9. The Hall–Kier alpha value is -1.46. The van der Waals surface area contributed by atoms with E-state index < -0.39 is 11.9 Å². The van der Waals surface area contributed by atoms with E-state index in [9.17, 15) is 14.3 Å². The fourth-order valence-electron chi connectivity index (χ4n) is 2.85. The number of hydrogen-bond donors (Lipinski definition) is 1. The van der Waals surface area contributed by atoms with Crippen molar-refractivity contribution < 1.29 is 14.3 Å². The Morgan fingerprint density at radius 2 is 2.20 bits per heavy atom. The monoisotopic (exact) mass is 280 g/mol. The average Bonchev–Trinajstić information content (AvgIpc) is 2.68. The van der Waals surface area contributed by atoms with E-state index in [1.165, 1.54) is 13.0 Å². The summed E-state index contributed by atoms with van der Waals surface area (Å²) in [5.41, 5.74) is 0.700. The van der Waals surface area contributed by atoms with Gasteiger partial charge >= 0.3 is 0 Å². The molecule has 0 aliphatic carbocycles. The first kappa shape index (κ1) is 14.9. The number of ketones is 1. The van der Waals surface area contributed by atoms with Gasteiger partial charge in [-0.2, -0.15) is 0 Å². The molecule has 0 radical (unpaired) electrons. The summed E-state index contributed by atoms with van der Waals surface area (Å²) in [5, 5.41) is 9.90. The van der Waals surface area contributed by atoms with Crippen molar-refractivity contribution >= 4 is 11.5 Å². The Balaban J connectivity index is 2.41. The second-order valence-electron chi connectivity index (χ2n) is 5.65. The molecule has 0 spiro atoms. The lowest BCUT2D eigenvalue weighted by Gasteiger charge is -2.30. The van der Waals surface area contributed by atoms with Crippen molar-refractivity contribution in [3.8, 4) is 0 Å². The van der Waals surface area contributed by atoms with Gasteiger partial charge in [0.25, 0.3) is 0 Å². The third-order valence-corrected chi connectivity index (χ3v) is 3.62. The quantitative estimate of drug-likeness (QED) is 0.850. The van der Waals surface area contributed by atoms with Gasteiger partial charge in [-0.3, -0.25) is 4.79 Å². The standard InChI is InChI=1S/C15H21FN2O2/c1-10(19)13-5-4-6-14(16)15(13)18-9-12(20)7-11(18)8-17(2)3/h4-6,11-12,20H,7-9H2,1-3H3. The minimum absolute atomic E-state index is 0.00926. The van der Waals surface area contributed by atoms with Crippen molar-refractivity contribution in [2.24, 2.45) is 0 Å². The van der Waals surface area contributed by atoms with Gasteiger partial charge in [0.05, 0.1) is 11.8 Å². The molecule has 1 fully saturated rings. The van der Waals surface area contributed by atoms with Gasteiger partial charge in [0.2, 0.25) is 0 Å². The van der Waals surface area contributed by atoms with Crippen LogP contribution < -0.4 is 4.90 Å². The lowest BCUT2D eigenvalue weighted by molar-refractivity contribution is 0.101. The molecule has 1 heterocycles. The van der Waals surface area contributed by atoms with Gasteiger partial charge < -0.3 is 14.9 Å². The number of rotatable bonds is 4. The molecule has 0 saturated carbocycles. The zero-order valence-corrected chi connectivity index (χ0v) is 12.1. The number of β-amino-alcohol motifs (C(OH)–C–C–N with tert-alkyl or cyclic N) is 1. The van der Waals surface area contributed by atoms with Crippen molar-refractivity contribution in [1.29, 1.82) is 0 Å². The van der Waals surface area contributed by atoms with Crippen molar-refractivity contribution in [1.82, 2.24) is 4.90 Å². The molecular formula is C15H21FN2O2. The van der Waals surface area contributed by atoms with Crippen LogP contribution in [-0.2, 0) is 0 Å². The van der Waals surface area contributed by atoms with E-state index in [0.29, 0.717) is 30.8 Å². The van der Waals surface area contributed by atoms with Crippen LogP contribution in [0.15, 0.2) is 18.2 Å². The number of anilines is 1. The Kier molecular flexibility index (Phi) is 4.40. The molecule has 1 aromatic carbocycles. The smallest absolute Gasteiger partial charge is 0.161 e. The van der Waals surface area contributed by atoms with Crippen LogP contribution >= 0.6 is 0 Å². The van der Waals surface area contributed by atoms with Crippen molar-refractivity contribution in [2.45, 2.75) is 25.5 Å². The highest BCUT2D eigenvalue weighted by Gasteiger charge is 2.34. The number of Topliss-reactive ketones (excluding diaryl/α,β-unsaturated/α-hetero) is 1. The highest BCUT2D eigenvalue weighted by atomic mass is 19.1. The summed E-state index contributed by atoms with van der Waals surface area (Å²) >= 11 is 0. The van der Waals surface area contributed by atoms with Gasteiger partial charge in [0.1, 0.15) is 5.82 Å². The van der Waals surface area contributed by atoms with Gasteiger partial charge in [-0.15, -0.1) is 0 Å². The molecule has 0 amide bonds. The SMILES string of the molecule is CC(=O)c1cccc(F)c1N1CC(O)CC1CN(C)C. The maximum Gasteiger partial charge on any atom is 0.161 e. The second-order valence-corrected chi connectivity index (χ2v) is 5.65. The molecule has 0 bridgehead atoms. The molecule has 0 aromatic heterocycles. The maximum absolute atomic E-state index is 14.2. The Morgan fingerprint density at radius 1 is 1.50 bits per heavy atom. The van der Waals surface area contributed by atoms with Crippen molar-refractivity contribution in [3.63, 3.8) is 0 Å². The van der Waals surface area contributed by atoms with Crippen LogP contribution in [0.4, 0.5) is 10.1 Å². The molecule has 2 unspecified atom stereocenters. The van der Waals surface area contributed by atoms with E-state index in [1.54, 1.807) is 12.1 Å².